The Balaban J connectivity index is 1.70. The van der Waals surface area contributed by atoms with Gasteiger partial charge in [-0.15, -0.1) is 0 Å². The molecule has 0 saturated carbocycles. The number of anilines is 1. The summed E-state index contributed by atoms with van der Waals surface area (Å²) in [4.78, 5) is 23.8. The summed E-state index contributed by atoms with van der Waals surface area (Å²) >= 11 is 0. The van der Waals surface area contributed by atoms with Gasteiger partial charge in [-0.05, 0) is 57.0 Å². The van der Waals surface area contributed by atoms with Gasteiger partial charge < -0.3 is 20.2 Å². The zero-order valence-electron chi connectivity index (χ0n) is 14.6. The fraction of sp³-hybridized carbons (Fsp3) is 0.368. The summed E-state index contributed by atoms with van der Waals surface area (Å²) in [6.07, 6.45) is 1.04. The first-order valence-electron chi connectivity index (χ1n) is 8.27. The maximum atomic E-state index is 12.4. The third-order valence-electron chi connectivity index (χ3n) is 4.48. The molecule has 0 bridgehead atoms. The number of aliphatic hydroxyl groups is 1. The molecule has 1 atom stereocenters. The zero-order valence-corrected chi connectivity index (χ0v) is 14.6. The number of amides is 2. The summed E-state index contributed by atoms with van der Waals surface area (Å²) in [5.41, 5.74) is 1.65. The predicted octanol–water partition coefficient (Wildman–Crippen LogP) is 2.42. The summed E-state index contributed by atoms with van der Waals surface area (Å²) in [7, 11) is 0. The molecule has 3 rings (SSSR count). The van der Waals surface area contributed by atoms with Crippen molar-refractivity contribution in [3.8, 4) is 0 Å². The Morgan fingerprint density at radius 3 is 2.76 bits per heavy atom. The van der Waals surface area contributed by atoms with Crippen LogP contribution in [0.4, 0.5) is 5.69 Å². The molecule has 0 radical (unpaired) electrons. The molecule has 1 aliphatic rings. The fourth-order valence-corrected chi connectivity index (χ4v) is 3.14. The van der Waals surface area contributed by atoms with Crippen LogP contribution in [0.1, 0.15) is 46.3 Å². The molecule has 3 N–H and O–H groups in total. The molecule has 1 aromatic carbocycles. The molecule has 1 aromatic heterocycles. The molecular formula is C19H22N2O4. The third-order valence-corrected chi connectivity index (χ3v) is 4.48. The van der Waals surface area contributed by atoms with Crippen LogP contribution in [0.5, 0.6) is 0 Å². The van der Waals surface area contributed by atoms with Crippen LogP contribution in [0, 0.1) is 13.8 Å². The number of furan rings is 1. The van der Waals surface area contributed by atoms with E-state index in [4.69, 9.17) is 4.42 Å². The van der Waals surface area contributed by atoms with Crippen molar-refractivity contribution >= 4 is 17.5 Å². The van der Waals surface area contributed by atoms with Gasteiger partial charge in [0.2, 0.25) is 5.91 Å². The summed E-state index contributed by atoms with van der Waals surface area (Å²) < 4.78 is 5.46. The number of rotatable bonds is 4. The van der Waals surface area contributed by atoms with E-state index in [1.54, 1.807) is 38.1 Å². The first-order valence-corrected chi connectivity index (χ1v) is 8.27. The van der Waals surface area contributed by atoms with E-state index in [1.807, 2.05) is 6.92 Å². The molecule has 2 heterocycles. The van der Waals surface area contributed by atoms with Crippen LogP contribution in [0.3, 0.4) is 0 Å². The number of nitrogens with one attached hydrogen (secondary N) is 2. The van der Waals surface area contributed by atoms with Crippen molar-refractivity contribution in [2.45, 2.75) is 39.2 Å². The highest BCUT2D eigenvalue weighted by atomic mass is 16.3. The summed E-state index contributed by atoms with van der Waals surface area (Å²) in [5, 5.41) is 16.2. The van der Waals surface area contributed by atoms with Gasteiger partial charge in [-0.3, -0.25) is 9.59 Å². The molecule has 25 heavy (non-hydrogen) atoms. The van der Waals surface area contributed by atoms with Crippen LogP contribution in [-0.2, 0) is 16.8 Å². The Kier molecular flexibility index (Phi) is 4.39. The largest absolute Gasteiger partial charge is 0.466 e. The van der Waals surface area contributed by atoms with Gasteiger partial charge in [0.05, 0.1) is 6.54 Å². The molecule has 6 heteroatoms. The molecule has 2 aromatic rings. The maximum absolute atomic E-state index is 12.4. The number of aryl methyl sites for hydroxylation is 3. The minimum atomic E-state index is -1.22. The molecule has 6 nitrogen and oxygen atoms in total. The molecule has 132 valence electrons. The SMILES string of the molecule is Cc1cc(C(C)(O)CNC(=O)c2ccc3c(c2)CCC(=O)N3)c(C)o1. The topological polar surface area (TPSA) is 91.6 Å². The van der Waals surface area contributed by atoms with Crippen molar-refractivity contribution < 1.29 is 19.1 Å². The fourth-order valence-electron chi connectivity index (χ4n) is 3.14. The number of hydrogen-bond acceptors (Lipinski definition) is 4. The quantitative estimate of drug-likeness (QED) is 0.796. The van der Waals surface area contributed by atoms with E-state index in [-0.39, 0.29) is 18.4 Å². The lowest BCUT2D eigenvalue weighted by Gasteiger charge is -2.23. The maximum Gasteiger partial charge on any atom is 0.251 e. The number of benzene rings is 1. The van der Waals surface area contributed by atoms with Crippen LogP contribution in [0.15, 0.2) is 28.7 Å². The monoisotopic (exact) mass is 342 g/mol. The molecule has 0 fully saturated rings. The van der Waals surface area contributed by atoms with E-state index < -0.39 is 5.60 Å². The van der Waals surface area contributed by atoms with Gasteiger partial charge in [-0.1, -0.05) is 0 Å². The highest BCUT2D eigenvalue weighted by Crippen LogP contribution is 2.27. The lowest BCUT2D eigenvalue weighted by atomic mass is 9.96. The van der Waals surface area contributed by atoms with Crippen LogP contribution in [0.25, 0.3) is 0 Å². The van der Waals surface area contributed by atoms with Gasteiger partial charge in [0, 0.05) is 23.2 Å². The Labute approximate surface area is 146 Å². The van der Waals surface area contributed by atoms with Crippen LogP contribution in [0.2, 0.25) is 0 Å². The Morgan fingerprint density at radius 1 is 1.32 bits per heavy atom. The number of carbonyl (C=O) groups is 2. The van der Waals surface area contributed by atoms with Crippen molar-refractivity contribution in [3.63, 3.8) is 0 Å². The smallest absolute Gasteiger partial charge is 0.251 e. The lowest BCUT2D eigenvalue weighted by molar-refractivity contribution is -0.116. The number of carbonyl (C=O) groups excluding carboxylic acids is 2. The first kappa shape index (κ1) is 17.2. The first-order chi connectivity index (χ1) is 11.8. The predicted molar refractivity (Wildman–Crippen MR) is 93.5 cm³/mol. The van der Waals surface area contributed by atoms with Crippen molar-refractivity contribution in [3.05, 3.63) is 52.5 Å². The second kappa shape index (κ2) is 6.37. The average Bonchev–Trinajstić information content (AvgIpc) is 2.91. The van der Waals surface area contributed by atoms with E-state index in [0.29, 0.717) is 29.7 Å². The van der Waals surface area contributed by atoms with Gasteiger partial charge >= 0.3 is 0 Å². The number of fused-ring (bicyclic) bond motifs is 1. The molecule has 0 spiro atoms. The molecule has 0 aliphatic carbocycles. The van der Waals surface area contributed by atoms with Crippen molar-refractivity contribution in [2.24, 2.45) is 0 Å². The van der Waals surface area contributed by atoms with Gasteiger partial charge in [-0.25, -0.2) is 0 Å². The van der Waals surface area contributed by atoms with Gasteiger partial charge in [0.25, 0.3) is 5.91 Å². The summed E-state index contributed by atoms with van der Waals surface area (Å²) in [6.45, 7) is 5.32. The molecular weight excluding hydrogens is 320 g/mol. The van der Waals surface area contributed by atoms with E-state index >= 15 is 0 Å². The van der Waals surface area contributed by atoms with Crippen LogP contribution >= 0.6 is 0 Å². The molecule has 2 amide bonds. The van der Waals surface area contributed by atoms with Crippen LogP contribution < -0.4 is 10.6 Å². The minimum Gasteiger partial charge on any atom is -0.466 e. The molecule has 0 saturated heterocycles. The second-order valence-electron chi connectivity index (χ2n) is 6.70. The third kappa shape index (κ3) is 3.58. The van der Waals surface area contributed by atoms with Gasteiger partial charge in [0.1, 0.15) is 17.1 Å². The van der Waals surface area contributed by atoms with Crippen LogP contribution in [-0.4, -0.2) is 23.5 Å². The highest BCUT2D eigenvalue weighted by molar-refractivity contribution is 5.97. The standard InChI is InChI=1S/C19H22N2O4/c1-11-8-15(12(2)25-11)19(3,24)10-20-18(23)14-4-6-16-13(9-14)5-7-17(22)21-16/h4,6,8-9,24H,5,7,10H2,1-3H3,(H,20,23)(H,21,22). The molecule has 1 aliphatic heterocycles. The normalized spacial score (nSPS) is 15.9. The van der Waals surface area contributed by atoms with Crippen molar-refractivity contribution in [2.75, 3.05) is 11.9 Å². The summed E-state index contributed by atoms with van der Waals surface area (Å²) in [5.74, 6) is 1.08. The van der Waals surface area contributed by atoms with E-state index in [0.717, 1.165) is 17.0 Å². The van der Waals surface area contributed by atoms with Crippen molar-refractivity contribution in [1.82, 2.24) is 5.32 Å². The minimum absolute atomic E-state index is 0.00785. The van der Waals surface area contributed by atoms with E-state index in [2.05, 4.69) is 10.6 Å². The zero-order chi connectivity index (χ0) is 18.2. The lowest BCUT2D eigenvalue weighted by Crippen LogP contribution is -2.38. The van der Waals surface area contributed by atoms with Crippen molar-refractivity contribution in [1.29, 1.82) is 0 Å². The van der Waals surface area contributed by atoms with E-state index in [9.17, 15) is 14.7 Å². The highest BCUT2D eigenvalue weighted by Gasteiger charge is 2.28. The average molecular weight is 342 g/mol. The Hall–Kier alpha value is -2.60. The van der Waals surface area contributed by atoms with E-state index in [1.165, 1.54) is 0 Å². The molecule has 1 unspecified atom stereocenters. The Morgan fingerprint density at radius 2 is 2.08 bits per heavy atom. The Bertz CT molecular complexity index is 836. The second-order valence-corrected chi connectivity index (χ2v) is 6.70. The van der Waals surface area contributed by atoms with Gasteiger partial charge in [-0.2, -0.15) is 0 Å². The number of hydrogen-bond donors (Lipinski definition) is 3. The summed E-state index contributed by atoms with van der Waals surface area (Å²) in [6, 6.07) is 6.97. The van der Waals surface area contributed by atoms with Gasteiger partial charge in [0.15, 0.2) is 0 Å².